The fourth-order valence-electron chi connectivity index (χ4n) is 4.14. The van der Waals surface area contributed by atoms with E-state index in [0.29, 0.717) is 39.3 Å². The number of hydrogen-bond acceptors (Lipinski definition) is 8. The Kier molecular flexibility index (Phi) is 7.72. The summed E-state index contributed by atoms with van der Waals surface area (Å²) < 4.78 is 33.5. The summed E-state index contributed by atoms with van der Waals surface area (Å²) in [6.45, 7) is 6.30. The summed E-state index contributed by atoms with van der Waals surface area (Å²) in [7, 11) is 0. The van der Waals surface area contributed by atoms with Crippen LogP contribution in [0.4, 0.5) is 14.7 Å². The third-order valence-electron chi connectivity index (χ3n) is 6.43. The first kappa shape index (κ1) is 28.0. The molecule has 3 aromatic heterocycles. The molecule has 0 atom stereocenters. The van der Waals surface area contributed by atoms with Crippen LogP contribution in [-0.4, -0.2) is 31.0 Å². The monoisotopic (exact) mass is 544 g/mol. The third-order valence-corrected chi connectivity index (χ3v) is 6.43. The SMILES string of the molecule is Cc1cc(-c2c(OCc3cccc(C(C)(C)C(=O)O)n3)nc(N)nc2-c2cccc(C#N)c2C)cc(C(F)F)n1. The number of alkyl halides is 2. The number of anilines is 1. The van der Waals surface area contributed by atoms with Gasteiger partial charge in [0.1, 0.15) is 17.7 Å². The maximum absolute atomic E-state index is 13.7. The Morgan fingerprint density at radius 2 is 1.82 bits per heavy atom. The summed E-state index contributed by atoms with van der Waals surface area (Å²) in [5, 5.41) is 19.2. The number of benzene rings is 1. The van der Waals surface area contributed by atoms with Crippen LogP contribution in [0.25, 0.3) is 22.4 Å². The molecule has 1 aromatic carbocycles. The van der Waals surface area contributed by atoms with Crippen molar-refractivity contribution in [3.05, 3.63) is 82.4 Å². The second-order valence-corrected chi connectivity index (χ2v) is 9.66. The molecule has 0 fully saturated rings. The van der Waals surface area contributed by atoms with E-state index in [1.165, 1.54) is 6.07 Å². The molecule has 0 spiro atoms. The van der Waals surface area contributed by atoms with Crippen LogP contribution in [-0.2, 0) is 16.8 Å². The number of carbonyl (C=O) groups is 1. The number of nitrogens with zero attached hydrogens (tertiary/aromatic N) is 5. The van der Waals surface area contributed by atoms with Gasteiger partial charge < -0.3 is 15.6 Å². The van der Waals surface area contributed by atoms with Crippen molar-refractivity contribution in [1.29, 1.82) is 5.26 Å². The van der Waals surface area contributed by atoms with Gasteiger partial charge in [0, 0.05) is 11.3 Å². The van der Waals surface area contributed by atoms with Gasteiger partial charge in [0.25, 0.3) is 6.43 Å². The van der Waals surface area contributed by atoms with Gasteiger partial charge in [-0.15, -0.1) is 0 Å². The third kappa shape index (κ3) is 5.56. The van der Waals surface area contributed by atoms with E-state index in [1.54, 1.807) is 70.2 Å². The van der Waals surface area contributed by atoms with Gasteiger partial charge in [-0.3, -0.25) is 14.8 Å². The number of nitrogens with two attached hydrogens (primary N) is 1. The van der Waals surface area contributed by atoms with Crippen molar-refractivity contribution in [2.24, 2.45) is 0 Å². The largest absolute Gasteiger partial charge is 0.481 e. The summed E-state index contributed by atoms with van der Waals surface area (Å²) in [6, 6.07) is 15.0. The molecule has 204 valence electrons. The molecule has 3 N–H and O–H groups in total. The highest BCUT2D eigenvalue weighted by molar-refractivity contribution is 5.87. The molecule has 3 heterocycles. The van der Waals surface area contributed by atoms with E-state index in [2.05, 4.69) is 26.0 Å². The lowest BCUT2D eigenvalue weighted by atomic mass is 9.89. The molecule has 0 aliphatic rings. The molecule has 0 saturated heterocycles. The van der Waals surface area contributed by atoms with Crippen LogP contribution in [0, 0.1) is 25.2 Å². The number of halogens is 2. The Labute approximate surface area is 229 Å². The van der Waals surface area contributed by atoms with Gasteiger partial charge in [0.05, 0.1) is 34.3 Å². The smallest absolute Gasteiger partial charge is 0.315 e. The summed E-state index contributed by atoms with van der Waals surface area (Å²) in [5.41, 5.74) is 7.95. The molecule has 0 aliphatic carbocycles. The van der Waals surface area contributed by atoms with Crippen molar-refractivity contribution in [2.75, 3.05) is 5.73 Å². The van der Waals surface area contributed by atoms with Crippen LogP contribution in [0.3, 0.4) is 0 Å². The number of carboxylic acid groups (broad SMARTS) is 1. The van der Waals surface area contributed by atoms with E-state index >= 15 is 0 Å². The number of carboxylic acids is 1. The van der Waals surface area contributed by atoms with E-state index in [4.69, 9.17) is 10.5 Å². The van der Waals surface area contributed by atoms with Crippen LogP contribution in [0.1, 0.15) is 54.2 Å². The molecule has 0 bridgehead atoms. The highest BCUT2D eigenvalue weighted by Gasteiger charge is 2.31. The number of aryl methyl sites for hydroxylation is 1. The Bertz CT molecular complexity index is 1650. The molecule has 11 heteroatoms. The zero-order chi connectivity index (χ0) is 29.2. The standard InChI is InChI=1S/C29H26F2N6O3/c1-15-11-18(12-21(34-15)25(30)31)23-24(20-9-5-7-17(13-32)16(20)2)36-28(33)37-26(23)40-14-19-8-6-10-22(35-19)29(3,4)27(38)39/h5-12,25H,14H2,1-4H3,(H,38,39)(H2,33,36,37). The molecular weight excluding hydrogens is 518 g/mol. The zero-order valence-corrected chi connectivity index (χ0v) is 22.2. The predicted molar refractivity (Wildman–Crippen MR) is 143 cm³/mol. The first-order valence-corrected chi connectivity index (χ1v) is 12.2. The van der Waals surface area contributed by atoms with Gasteiger partial charge in [-0.1, -0.05) is 18.2 Å². The van der Waals surface area contributed by atoms with Crippen LogP contribution in [0.15, 0.2) is 48.5 Å². The van der Waals surface area contributed by atoms with Gasteiger partial charge in [0.2, 0.25) is 11.8 Å². The van der Waals surface area contributed by atoms with Crippen LogP contribution < -0.4 is 10.5 Å². The Morgan fingerprint density at radius 1 is 1.10 bits per heavy atom. The Balaban J connectivity index is 1.90. The molecule has 0 aliphatic heterocycles. The average Bonchev–Trinajstić information content (AvgIpc) is 2.91. The Morgan fingerprint density at radius 3 is 2.50 bits per heavy atom. The minimum absolute atomic E-state index is 0.000208. The predicted octanol–water partition coefficient (Wildman–Crippen LogP) is 5.55. The number of nitrogen functional groups attached to an aromatic ring is 1. The lowest BCUT2D eigenvalue weighted by Crippen LogP contribution is -2.30. The highest BCUT2D eigenvalue weighted by atomic mass is 19.3. The maximum atomic E-state index is 13.7. The van der Waals surface area contributed by atoms with Crippen molar-refractivity contribution < 1.29 is 23.4 Å². The van der Waals surface area contributed by atoms with E-state index in [9.17, 15) is 23.9 Å². The van der Waals surface area contributed by atoms with Crippen LogP contribution >= 0.6 is 0 Å². The quantitative estimate of drug-likeness (QED) is 0.291. The van der Waals surface area contributed by atoms with E-state index in [1.807, 2.05) is 0 Å². The fraction of sp³-hybridized carbons (Fsp3) is 0.241. The molecule has 0 unspecified atom stereocenters. The van der Waals surface area contributed by atoms with E-state index in [-0.39, 0.29) is 29.7 Å². The van der Waals surface area contributed by atoms with Gasteiger partial charge in [-0.05, 0) is 69.2 Å². The van der Waals surface area contributed by atoms with Crippen LogP contribution in [0.5, 0.6) is 5.88 Å². The maximum Gasteiger partial charge on any atom is 0.315 e. The number of rotatable bonds is 8. The Hall–Kier alpha value is -4.98. The number of pyridine rings is 2. The van der Waals surface area contributed by atoms with Gasteiger partial charge in [-0.25, -0.2) is 13.8 Å². The van der Waals surface area contributed by atoms with Crippen molar-refractivity contribution in [3.63, 3.8) is 0 Å². The average molecular weight is 545 g/mol. The number of ether oxygens (including phenoxy) is 1. The molecule has 0 saturated carbocycles. The molecule has 9 nitrogen and oxygen atoms in total. The molecule has 0 radical (unpaired) electrons. The summed E-state index contributed by atoms with van der Waals surface area (Å²) in [5.74, 6) is -1.17. The van der Waals surface area contributed by atoms with Gasteiger partial charge >= 0.3 is 5.97 Å². The van der Waals surface area contributed by atoms with Crippen molar-refractivity contribution in [3.8, 4) is 34.3 Å². The number of nitriles is 1. The molecule has 0 amide bonds. The van der Waals surface area contributed by atoms with Crippen molar-refractivity contribution >= 4 is 11.9 Å². The molecule has 4 aromatic rings. The van der Waals surface area contributed by atoms with Crippen molar-refractivity contribution in [2.45, 2.75) is 46.1 Å². The summed E-state index contributed by atoms with van der Waals surface area (Å²) in [6.07, 6.45) is -2.82. The summed E-state index contributed by atoms with van der Waals surface area (Å²) in [4.78, 5) is 28.8. The van der Waals surface area contributed by atoms with Gasteiger partial charge in [-0.2, -0.15) is 10.2 Å². The first-order valence-electron chi connectivity index (χ1n) is 12.2. The number of aromatic nitrogens is 4. The molecular formula is C29H26F2N6O3. The van der Waals surface area contributed by atoms with Crippen LogP contribution in [0.2, 0.25) is 0 Å². The second kappa shape index (κ2) is 11.0. The number of aliphatic carboxylic acids is 1. The minimum Gasteiger partial charge on any atom is -0.481 e. The second-order valence-electron chi connectivity index (χ2n) is 9.66. The first-order chi connectivity index (χ1) is 18.9. The lowest BCUT2D eigenvalue weighted by molar-refractivity contribution is -0.142. The van der Waals surface area contributed by atoms with E-state index in [0.717, 1.165) is 0 Å². The zero-order valence-electron chi connectivity index (χ0n) is 22.2. The number of hydrogen-bond donors (Lipinski definition) is 2. The van der Waals surface area contributed by atoms with Gasteiger partial charge in [0.15, 0.2) is 0 Å². The summed E-state index contributed by atoms with van der Waals surface area (Å²) >= 11 is 0. The molecule has 4 rings (SSSR count). The minimum atomic E-state index is -2.82. The lowest BCUT2D eigenvalue weighted by Gasteiger charge is -2.20. The topological polar surface area (TPSA) is 148 Å². The normalized spacial score (nSPS) is 11.3. The van der Waals surface area contributed by atoms with E-state index < -0.39 is 23.5 Å². The van der Waals surface area contributed by atoms with Crippen molar-refractivity contribution in [1.82, 2.24) is 19.9 Å². The highest BCUT2D eigenvalue weighted by Crippen LogP contribution is 2.40. The fourth-order valence-corrected chi connectivity index (χ4v) is 4.14. The molecule has 40 heavy (non-hydrogen) atoms.